The molecule has 3 rings (SSSR count). The number of aliphatic hydroxyl groups excluding tert-OH is 1. The number of aryl methyl sites for hydroxylation is 1. The van der Waals surface area contributed by atoms with Crippen molar-refractivity contribution in [1.82, 2.24) is 9.88 Å². The molecule has 0 bridgehead atoms. The van der Waals surface area contributed by atoms with Gasteiger partial charge in [0.25, 0.3) is 0 Å². The van der Waals surface area contributed by atoms with Crippen molar-refractivity contribution in [1.29, 1.82) is 0 Å². The molecule has 0 radical (unpaired) electrons. The number of oxazole rings is 1. The lowest BCUT2D eigenvalue weighted by molar-refractivity contribution is 0.113. The van der Waals surface area contributed by atoms with Crippen molar-refractivity contribution >= 4 is 0 Å². The Morgan fingerprint density at radius 1 is 1.38 bits per heavy atom. The van der Waals surface area contributed by atoms with Gasteiger partial charge in [0, 0.05) is 6.04 Å². The number of aromatic nitrogens is 1. The van der Waals surface area contributed by atoms with Gasteiger partial charge >= 0.3 is 0 Å². The molecule has 1 fully saturated rings. The minimum absolute atomic E-state index is 0.396. The zero-order chi connectivity index (χ0) is 14.7. The van der Waals surface area contributed by atoms with Crippen molar-refractivity contribution in [2.75, 3.05) is 6.54 Å². The van der Waals surface area contributed by atoms with E-state index in [4.69, 9.17) is 4.42 Å². The molecule has 1 aromatic heterocycles. The third-order valence-corrected chi connectivity index (χ3v) is 4.19. The molecule has 1 N–H and O–H groups in total. The molecule has 2 atom stereocenters. The summed E-state index contributed by atoms with van der Waals surface area (Å²) in [5.74, 6) is 1.62. The van der Waals surface area contributed by atoms with Gasteiger partial charge < -0.3 is 9.52 Å². The SMILES string of the molecule is Cc1cnc(CN2CCCC2CC(O)c2ccccc2)o1. The van der Waals surface area contributed by atoms with Gasteiger partial charge in [-0.05, 0) is 38.3 Å². The Morgan fingerprint density at radius 3 is 2.90 bits per heavy atom. The molecule has 0 aliphatic carbocycles. The second-order valence-corrected chi connectivity index (χ2v) is 5.79. The zero-order valence-electron chi connectivity index (χ0n) is 12.4. The predicted octanol–water partition coefficient (Wildman–Crippen LogP) is 3.07. The van der Waals surface area contributed by atoms with Gasteiger partial charge in [-0.15, -0.1) is 0 Å². The smallest absolute Gasteiger partial charge is 0.208 e. The first kappa shape index (κ1) is 14.3. The number of rotatable bonds is 5. The lowest BCUT2D eigenvalue weighted by Crippen LogP contribution is -2.30. The molecule has 0 spiro atoms. The summed E-state index contributed by atoms with van der Waals surface area (Å²) in [7, 11) is 0. The standard InChI is InChI=1S/C17H22N2O2/c1-13-11-18-17(21-13)12-19-9-5-8-15(19)10-16(20)14-6-3-2-4-7-14/h2-4,6-7,11,15-16,20H,5,8-10,12H2,1H3. The van der Waals surface area contributed by atoms with Gasteiger partial charge in [0.15, 0.2) is 0 Å². The third-order valence-electron chi connectivity index (χ3n) is 4.19. The van der Waals surface area contributed by atoms with Crippen LogP contribution >= 0.6 is 0 Å². The monoisotopic (exact) mass is 286 g/mol. The first-order valence-electron chi connectivity index (χ1n) is 7.61. The molecule has 1 aliphatic rings. The lowest BCUT2D eigenvalue weighted by atomic mass is 10.0. The number of benzene rings is 1. The highest BCUT2D eigenvalue weighted by molar-refractivity contribution is 5.17. The zero-order valence-corrected chi connectivity index (χ0v) is 12.4. The fourth-order valence-electron chi connectivity index (χ4n) is 3.09. The Morgan fingerprint density at radius 2 is 2.19 bits per heavy atom. The molecule has 1 aromatic carbocycles. The molecular weight excluding hydrogens is 264 g/mol. The Balaban J connectivity index is 1.61. The van der Waals surface area contributed by atoms with Crippen molar-refractivity contribution in [2.24, 2.45) is 0 Å². The Hall–Kier alpha value is -1.65. The Kier molecular flexibility index (Phi) is 4.36. The maximum Gasteiger partial charge on any atom is 0.208 e. The lowest BCUT2D eigenvalue weighted by Gasteiger charge is -2.25. The van der Waals surface area contributed by atoms with Crippen LogP contribution in [0.3, 0.4) is 0 Å². The number of hydrogen-bond acceptors (Lipinski definition) is 4. The maximum atomic E-state index is 10.4. The van der Waals surface area contributed by atoms with Crippen molar-refractivity contribution in [3.05, 3.63) is 53.7 Å². The van der Waals surface area contributed by atoms with Crippen molar-refractivity contribution in [3.8, 4) is 0 Å². The number of hydrogen-bond donors (Lipinski definition) is 1. The van der Waals surface area contributed by atoms with E-state index in [-0.39, 0.29) is 0 Å². The van der Waals surface area contributed by atoms with Crippen LogP contribution < -0.4 is 0 Å². The first-order valence-corrected chi connectivity index (χ1v) is 7.61. The van der Waals surface area contributed by atoms with Crippen LogP contribution in [0.15, 0.2) is 40.9 Å². The molecule has 21 heavy (non-hydrogen) atoms. The van der Waals surface area contributed by atoms with E-state index in [0.29, 0.717) is 6.04 Å². The minimum atomic E-state index is -0.400. The minimum Gasteiger partial charge on any atom is -0.445 e. The average Bonchev–Trinajstić information content (AvgIpc) is 3.10. The fraction of sp³-hybridized carbons (Fsp3) is 0.471. The molecule has 2 aromatic rings. The van der Waals surface area contributed by atoms with Gasteiger partial charge in [-0.25, -0.2) is 4.98 Å². The summed E-state index contributed by atoms with van der Waals surface area (Å²) in [5, 5.41) is 10.4. The van der Waals surface area contributed by atoms with Gasteiger partial charge in [0.1, 0.15) is 5.76 Å². The predicted molar refractivity (Wildman–Crippen MR) is 80.7 cm³/mol. The second-order valence-electron chi connectivity index (χ2n) is 5.79. The first-order chi connectivity index (χ1) is 10.2. The molecule has 112 valence electrons. The number of aliphatic hydroxyl groups is 1. The number of nitrogens with zero attached hydrogens (tertiary/aromatic N) is 2. The summed E-state index contributed by atoms with van der Waals surface area (Å²) in [4.78, 5) is 6.65. The molecule has 2 unspecified atom stereocenters. The van der Waals surface area contributed by atoms with Crippen LogP contribution in [0, 0.1) is 6.92 Å². The highest BCUT2D eigenvalue weighted by Gasteiger charge is 2.28. The topological polar surface area (TPSA) is 49.5 Å². The van der Waals surface area contributed by atoms with E-state index >= 15 is 0 Å². The van der Waals surface area contributed by atoms with Crippen LogP contribution in [0.4, 0.5) is 0 Å². The second kappa shape index (κ2) is 6.41. The van der Waals surface area contributed by atoms with Crippen molar-refractivity contribution in [2.45, 2.75) is 44.9 Å². The molecule has 1 aliphatic heterocycles. The van der Waals surface area contributed by atoms with Gasteiger partial charge in [0.2, 0.25) is 5.89 Å². The van der Waals surface area contributed by atoms with Crippen LogP contribution in [0.1, 0.15) is 42.6 Å². The highest BCUT2D eigenvalue weighted by atomic mass is 16.4. The van der Waals surface area contributed by atoms with Gasteiger partial charge in [-0.3, -0.25) is 4.90 Å². The van der Waals surface area contributed by atoms with Gasteiger partial charge in [-0.2, -0.15) is 0 Å². The quantitative estimate of drug-likeness (QED) is 0.917. The molecule has 0 amide bonds. The summed E-state index contributed by atoms with van der Waals surface area (Å²) >= 11 is 0. The molecule has 0 saturated carbocycles. The van der Waals surface area contributed by atoms with Crippen molar-refractivity contribution < 1.29 is 9.52 Å². The van der Waals surface area contributed by atoms with Gasteiger partial charge in [-0.1, -0.05) is 30.3 Å². The van der Waals surface area contributed by atoms with E-state index in [2.05, 4.69) is 9.88 Å². The van der Waals surface area contributed by atoms with E-state index < -0.39 is 6.10 Å². The largest absolute Gasteiger partial charge is 0.445 e. The normalized spacial score (nSPS) is 20.8. The van der Waals surface area contributed by atoms with Crippen LogP contribution in [-0.4, -0.2) is 27.6 Å². The van der Waals surface area contributed by atoms with E-state index in [1.165, 1.54) is 6.42 Å². The Labute approximate surface area is 125 Å². The van der Waals surface area contributed by atoms with E-state index in [1.54, 1.807) is 6.20 Å². The van der Waals surface area contributed by atoms with Crippen molar-refractivity contribution in [3.63, 3.8) is 0 Å². The van der Waals surface area contributed by atoms with E-state index in [1.807, 2.05) is 37.3 Å². The summed E-state index contributed by atoms with van der Waals surface area (Å²) in [5.41, 5.74) is 0.997. The molecule has 1 saturated heterocycles. The van der Waals surface area contributed by atoms with E-state index in [0.717, 1.165) is 43.1 Å². The average molecular weight is 286 g/mol. The van der Waals surface area contributed by atoms with Crippen LogP contribution in [0.2, 0.25) is 0 Å². The Bertz CT molecular complexity index is 567. The molecule has 2 heterocycles. The molecular formula is C17H22N2O2. The van der Waals surface area contributed by atoms with Crippen LogP contribution in [0.5, 0.6) is 0 Å². The summed E-state index contributed by atoms with van der Waals surface area (Å²) in [6, 6.07) is 10.3. The summed E-state index contributed by atoms with van der Waals surface area (Å²) in [6.07, 6.45) is 4.43. The number of likely N-dealkylation sites (tertiary alicyclic amines) is 1. The van der Waals surface area contributed by atoms with Crippen LogP contribution in [0.25, 0.3) is 0 Å². The van der Waals surface area contributed by atoms with Gasteiger partial charge in [0.05, 0.1) is 18.8 Å². The third kappa shape index (κ3) is 3.52. The molecule has 4 heteroatoms. The van der Waals surface area contributed by atoms with E-state index in [9.17, 15) is 5.11 Å². The highest BCUT2D eigenvalue weighted by Crippen LogP contribution is 2.28. The van der Waals surface area contributed by atoms with Crippen LogP contribution in [-0.2, 0) is 6.54 Å². The summed E-state index contributed by atoms with van der Waals surface area (Å²) in [6.45, 7) is 3.70. The maximum absolute atomic E-state index is 10.4. The summed E-state index contributed by atoms with van der Waals surface area (Å²) < 4.78 is 5.57. The fourth-order valence-corrected chi connectivity index (χ4v) is 3.09. The molecule has 4 nitrogen and oxygen atoms in total.